The smallest absolute Gasteiger partial charge is 0.306 e. The SMILES string of the molecule is CC1CC(C(=O)O)CCN1CCC(C)(C)C. The second kappa shape index (κ2) is 5.17. The fourth-order valence-electron chi connectivity index (χ4n) is 2.26. The van der Waals surface area contributed by atoms with Gasteiger partial charge in [0.15, 0.2) is 0 Å². The van der Waals surface area contributed by atoms with E-state index in [1.165, 1.54) is 6.42 Å². The Balaban J connectivity index is 2.39. The Morgan fingerprint density at radius 2 is 2.06 bits per heavy atom. The van der Waals surface area contributed by atoms with Gasteiger partial charge in [0.2, 0.25) is 0 Å². The van der Waals surface area contributed by atoms with Gasteiger partial charge >= 0.3 is 5.97 Å². The lowest BCUT2D eigenvalue weighted by Crippen LogP contribution is -2.43. The summed E-state index contributed by atoms with van der Waals surface area (Å²) in [6.07, 6.45) is 2.79. The molecule has 1 aliphatic heterocycles. The number of carboxylic acids is 1. The van der Waals surface area contributed by atoms with Gasteiger partial charge in [-0.2, -0.15) is 0 Å². The number of carbonyl (C=O) groups is 1. The first-order valence-electron chi connectivity index (χ1n) is 6.26. The van der Waals surface area contributed by atoms with Crippen LogP contribution in [-0.2, 0) is 4.79 Å². The molecule has 0 aromatic carbocycles. The third kappa shape index (κ3) is 4.12. The van der Waals surface area contributed by atoms with Gasteiger partial charge in [-0.15, -0.1) is 0 Å². The minimum atomic E-state index is -0.623. The first kappa shape index (κ1) is 13.5. The van der Waals surface area contributed by atoms with Gasteiger partial charge in [-0.1, -0.05) is 20.8 Å². The van der Waals surface area contributed by atoms with Gasteiger partial charge in [-0.25, -0.2) is 0 Å². The molecule has 1 heterocycles. The Hall–Kier alpha value is -0.570. The molecule has 0 spiro atoms. The van der Waals surface area contributed by atoms with E-state index in [1.807, 2.05) is 0 Å². The summed E-state index contributed by atoms with van der Waals surface area (Å²) in [5.74, 6) is -0.747. The van der Waals surface area contributed by atoms with Gasteiger partial charge in [0.05, 0.1) is 5.92 Å². The van der Waals surface area contributed by atoms with Crippen molar-refractivity contribution >= 4 is 5.97 Å². The summed E-state index contributed by atoms with van der Waals surface area (Å²) in [6.45, 7) is 10.9. The molecule has 1 saturated heterocycles. The normalized spacial score (nSPS) is 28.0. The molecule has 1 fully saturated rings. The molecule has 2 unspecified atom stereocenters. The van der Waals surface area contributed by atoms with Crippen molar-refractivity contribution in [3.05, 3.63) is 0 Å². The third-order valence-corrected chi connectivity index (χ3v) is 3.51. The molecule has 3 nitrogen and oxygen atoms in total. The molecule has 0 aromatic heterocycles. The van der Waals surface area contributed by atoms with Crippen LogP contribution in [0.1, 0.15) is 47.0 Å². The maximum Gasteiger partial charge on any atom is 0.306 e. The average molecular weight is 227 g/mol. The molecule has 1 N–H and O–H groups in total. The van der Waals surface area contributed by atoms with E-state index in [0.29, 0.717) is 11.5 Å². The van der Waals surface area contributed by atoms with Gasteiger partial charge in [0, 0.05) is 6.04 Å². The molecule has 0 radical (unpaired) electrons. The maximum absolute atomic E-state index is 10.9. The van der Waals surface area contributed by atoms with E-state index >= 15 is 0 Å². The lowest BCUT2D eigenvalue weighted by molar-refractivity contribution is -0.144. The van der Waals surface area contributed by atoms with Crippen molar-refractivity contribution in [3.8, 4) is 0 Å². The Labute approximate surface area is 98.8 Å². The average Bonchev–Trinajstić information content (AvgIpc) is 2.14. The van der Waals surface area contributed by atoms with E-state index in [2.05, 4.69) is 32.6 Å². The highest BCUT2D eigenvalue weighted by Crippen LogP contribution is 2.25. The van der Waals surface area contributed by atoms with Gasteiger partial charge in [-0.05, 0) is 44.7 Å². The largest absolute Gasteiger partial charge is 0.481 e. The van der Waals surface area contributed by atoms with E-state index in [-0.39, 0.29) is 5.92 Å². The highest BCUT2D eigenvalue weighted by Gasteiger charge is 2.29. The van der Waals surface area contributed by atoms with Crippen molar-refractivity contribution in [2.45, 2.75) is 53.0 Å². The Bertz CT molecular complexity index is 245. The zero-order chi connectivity index (χ0) is 12.3. The van der Waals surface area contributed by atoms with Crippen molar-refractivity contribution in [1.82, 2.24) is 4.90 Å². The lowest BCUT2D eigenvalue weighted by Gasteiger charge is -2.37. The Morgan fingerprint density at radius 3 is 2.50 bits per heavy atom. The Kier molecular flexibility index (Phi) is 4.36. The molecule has 1 aliphatic rings. The minimum Gasteiger partial charge on any atom is -0.481 e. The van der Waals surface area contributed by atoms with Crippen LogP contribution in [0.2, 0.25) is 0 Å². The van der Waals surface area contributed by atoms with E-state index in [0.717, 1.165) is 25.9 Å². The molecule has 0 aromatic rings. The molecule has 0 amide bonds. The molecule has 3 heteroatoms. The van der Waals surface area contributed by atoms with E-state index in [9.17, 15) is 4.79 Å². The number of aliphatic carboxylic acids is 1. The second-order valence-electron chi connectivity index (χ2n) is 6.26. The highest BCUT2D eigenvalue weighted by molar-refractivity contribution is 5.70. The van der Waals surface area contributed by atoms with Gasteiger partial charge in [0.25, 0.3) is 0 Å². The van der Waals surface area contributed by atoms with E-state index in [1.54, 1.807) is 0 Å². The first-order valence-corrected chi connectivity index (χ1v) is 6.26. The number of rotatable bonds is 3. The fraction of sp³-hybridized carbons (Fsp3) is 0.923. The van der Waals surface area contributed by atoms with E-state index < -0.39 is 5.97 Å². The van der Waals surface area contributed by atoms with Crippen LogP contribution in [-0.4, -0.2) is 35.1 Å². The molecule has 0 saturated carbocycles. The summed E-state index contributed by atoms with van der Waals surface area (Å²) < 4.78 is 0. The van der Waals surface area contributed by atoms with Crippen LogP contribution in [0, 0.1) is 11.3 Å². The quantitative estimate of drug-likeness (QED) is 0.805. The van der Waals surface area contributed by atoms with Gasteiger partial charge < -0.3 is 10.0 Å². The molecular weight excluding hydrogens is 202 g/mol. The zero-order valence-electron chi connectivity index (χ0n) is 11.0. The van der Waals surface area contributed by atoms with Crippen molar-refractivity contribution in [2.75, 3.05) is 13.1 Å². The van der Waals surface area contributed by atoms with Gasteiger partial charge in [-0.3, -0.25) is 4.79 Å². The molecule has 1 rings (SSSR count). The first-order chi connectivity index (χ1) is 7.29. The predicted molar refractivity (Wildman–Crippen MR) is 65.5 cm³/mol. The summed E-state index contributed by atoms with van der Waals surface area (Å²) in [5.41, 5.74) is 0.364. The molecule has 0 bridgehead atoms. The van der Waals surface area contributed by atoms with Crippen LogP contribution >= 0.6 is 0 Å². The summed E-state index contributed by atoms with van der Waals surface area (Å²) in [6, 6.07) is 0.414. The minimum absolute atomic E-state index is 0.124. The number of piperidine rings is 1. The van der Waals surface area contributed by atoms with Crippen LogP contribution < -0.4 is 0 Å². The predicted octanol–water partition coefficient (Wildman–Crippen LogP) is 2.61. The van der Waals surface area contributed by atoms with Crippen LogP contribution in [0.5, 0.6) is 0 Å². The van der Waals surface area contributed by atoms with Crippen LogP contribution in [0.25, 0.3) is 0 Å². The summed E-state index contributed by atoms with van der Waals surface area (Å²) in [7, 11) is 0. The monoisotopic (exact) mass is 227 g/mol. The third-order valence-electron chi connectivity index (χ3n) is 3.51. The summed E-state index contributed by atoms with van der Waals surface area (Å²) >= 11 is 0. The molecular formula is C13H25NO2. The maximum atomic E-state index is 10.9. The lowest BCUT2D eigenvalue weighted by atomic mass is 9.88. The molecule has 0 aliphatic carbocycles. The number of hydrogen-bond acceptors (Lipinski definition) is 2. The molecule has 94 valence electrons. The van der Waals surface area contributed by atoms with Gasteiger partial charge in [0.1, 0.15) is 0 Å². The standard InChI is InChI=1S/C13H25NO2/c1-10-9-11(12(15)16)5-7-14(10)8-6-13(2,3)4/h10-11H,5-9H2,1-4H3,(H,15,16). The summed E-state index contributed by atoms with van der Waals surface area (Å²) in [5, 5.41) is 8.98. The van der Waals surface area contributed by atoms with Crippen LogP contribution in [0.3, 0.4) is 0 Å². The molecule has 16 heavy (non-hydrogen) atoms. The summed E-state index contributed by atoms with van der Waals surface area (Å²) in [4.78, 5) is 13.3. The number of likely N-dealkylation sites (tertiary alicyclic amines) is 1. The molecule has 2 atom stereocenters. The van der Waals surface area contributed by atoms with Crippen molar-refractivity contribution in [2.24, 2.45) is 11.3 Å². The Morgan fingerprint density at radius 1 is 1.44 bits per heavy atom. The van der Waals surface area contributed by atoms with Crippen LogP contribution in [0.15, 0.2) is 0 Å². The number of carboxylic acid groups (broad SMARTS) is 1. The topological polar surface area (TPSA) is 40.5 Å². The fourth-order valence-corrected chi connectivity index (χ4v) is 2.26. The highest BCUT2D eigenvalue weighted by atomic mass is 16.4. The number of nitrogens with zero attached hydrogens (tertiary/aromatic N) is 1. The second-order valence-corrected chi connectivity index (χ2v) is 6.26. The van der Waals surface area contributed by atoms with Crippen molar-refractivity contribution < 1.29 is 9.90 Å². The van der Waals surface area contributed by atoms with E-state index in [4.69, 9.17) is 5.11 Å². The number of hydrogen-bond donors (Lipinski definition) is 1. The van der Waals surface area contributed by atoms with Crippen molar-refractivity contribution in [1.29, 1.82) is 0 Å². The van der Waals surface area contributed by atoms with Crippen molar-refractivity contribution in [3.63, 3.8) is 0 Å². The zero-order valence-corrected chi connectivity index (χ0v) is 11.0. The van der Waals surface area contributed by atoms with Crippen LogP contribution in [0.4, 0.5) is 0 Å².